The van der Waals surface area contributed by atoms with Gasteiger partial charge in [-0.25, -0.2) is 18.4 Å². The zero-order valence-corrected chi connectivity index (χ0v) is 17.3. The number of nitrogens with two attached hydrogens (primary N) is 1. The second kappa shape index (κ2) is 8.64. The molecule has 10 heteroatoms. The number of rotatable bonds is 6. The van der Waals surface area contributed by atoms with E-state index in [1.165, 1.54) is 31.2 Å². The lowest BCUT2D eigenvalue weighted by Gasteiger charge is -2.15. The van der Waals surface area contributed by atoms with Crippen LogP contribution >= 0.6 is 0 Å². The van der Waals surface area contributed by atoms with Crippen LogP contribution in [0.1, 0.15) is 30.6 Å². The Morgan fingerprint density at radius 2 is 1.90 bits per heavy atom. The maximum Gasteiger partial charge on any atom is 0.338 e. The van der Waals surface area contributed by atoms with E-state index in [2.05, 4.69) is 10.4 Å². The third-order valence-corrected chi connectivity index (χ3v) is 5.37. The monoisotopic (exact) mass is 430 g/mol. The van der Waals surface area contributed by atoms with Crippen LogP contribution in [0.3, 0.4) is 0 Å². The van der Waals surface area contributed by atoms with Gasteiger partial charge in [0.25, 0.3) is 5.91 Å². The van der Waals surface area contributed by atoms with E-state index in [0.717, 1.165) is 24.4 Å². The van der Waals surface area contributed by atoms with Crippen molar-refractivity contribution in [3.05, 3.63) is 54.1 Å². The number of nitrogens with one attached hydrogen (secondary N) is 1. The van der Waals surface area contributed by atoms with E-state index in [9.17, 15) is 18.0 Å². The Kier molecular flexibility index (Phi) is 6.18. The highest BCUT2D eigenvalue weighted by Crippen LogP contribution is 2.20. The van der Waals surface area contributed by atoms with Crippen molar-refractivity contribution in [2.75, 3.05) is 16.9 Å². The van der Waals surface area contributed by atoms with E-state index < -0.39 is 28.0 Å². The predicted molar refractivity (Wildman–Crippen MR) is 113 cm³/mol. The smallest absolute Gasteiger partial charge is 0.338 e. The third kappa shape index (κ3) is 5.22. The predicted octanol–water partition coefficient (Wildman–Crippen LogP) is 2.10. The quantitative estimate of drug-likeness (QED) is 0.675. The minimum Gasteiger partial charge on any atom is -0.449 e. The molecule has 2 aromatic carbocycles. The highest BCUT2D eigenvalue weighted by Gasteiger charge is 2.20. The van der Waals surface area contributed by atoms with Crippen molar-refractivity contribution in [3.63, 3.8) is 0 Å². The summed E-state index contributed by atoms with van der Waals surface area (Å²) in [5.41, 5.74) is 2.44. The number of anilines is 2. The number of nitrogens with zero attached hydrogens (tertiary/aromatic N) is 2. The van der Waals surface area contributed by atoms with Crippen molar-refractivity contribution >= 4 is 39.0 Å². The Bertz CT molecular complexity index is 1100. The molecule has 30 heavy (non-hydrogen) atoms. The van der Waals surface area contributed by atoms with Gasteiger partial charge in [0, 0.05) is 24.4 Å². The van der Waals surface area contributed by atoms with Gasteiger partial charge in [-0.2, -0.15) is 5.10 Å². The van der Waals surface area contributed by atoms with E-state index >= 15 is 0 Å². The number of primary sulfonamides is 1. The first-order valence-corrected chi connectivity index (χ1v) is 10.7. The lowest BCUT2D eigenvalue weighted by Crippen LogP contribution is -2.30. The van der Waals surface area contributed by atoms with Crippen LogP contribution in [0.4, 0.5) is 11.4 Å². The Morgan fingerprint density at radius 1 is 1.20 bits per heavy atom. The molecule has 3 rings (SSSR count). The molecule has 1 aliphatic heterocycles. The van der Waals surface area contributed by atoms with Gasteiger partial charge in [-0.15, -0.1) is 0 Å². The third-order valence-electron chi connectivity index (χ3n) is 4.46. The fraction of sp³-hybridized carbons (Fsp3) is 0.250. The number of carbonyl (C=O) groups is 2. The summed E-state index contributed by atoms with van der Waals surface area (Å²) in [5, 5.41) is 13.8. The van der Waals surface area contributed by atoms with Gasteiger partial charge in [-0.3, -0.25) is 9.80 Å². The summed E-state index contributed by atoms with van der Waals surface area (Å²) < 4.78 is 28.0. The zero-order valence-electron chi connectivity index (χ0n) is 16.5. The number of sulfonamides is 1. The Hall–Kier alpha value is -3.24. The Balaban J connectivity index is 1.60. The van der Waals surface area contributed by atoms with Crippen LogP contribution in [0.25, 0.3) is 0 Å². The van der Waals surface area contributed by atoms with Crippen molar-refractivity contribution in [2.45, 2.75) is 31.3 Å². The fourth-order valence-corrected chi connectivity index (χ4v) is 3.37. The lowest BCUT2D eigenvalue weighted by atomic mass is 10.2. The van der Waals surface area contributed by atoms with Gasteiger partial charge in [0.05, 0.1) is 16.1 Å². The van der Waals surface area contributed by atoms with E-state index in [1.54, 1.807) is 24.3 Å². The molecule has 1 amide bonds. The van der Waals surface area contributed by atoms with Crippen LogP contribution in [0.15, 0.2) is 58.5 Å². The topological polar surface area (TPSA) is 131 Å². The van der Waals surface area contributed by atoms with E-state index in [0.29, 0.717) is 5.56 Å². The first kappa shape index (κ1) is 21.5. The maximum absolute atomic E-state index is 12.3. The molecule has 158 valence electrons. The number of hydrazone groups is 1. The van der Waals surface area contributed by atoms with Crippen LogP contribution in [0.5, 0.6) is 0 Å². The molecule has 0 saturated carbocycles. The molecule has 0 radical (unpaired) electrons. The van der Waals surface area contributed by atoms with Gasteiger partial charge in [0.2, 0.25) is 10.0 Å². The van der Waals surface area contributed by atoms with Crippen molar-refractivity contribution in [2.24, 2.45) is 10.2 Å². The second-order valence-corrected chi connectivity index (χ2v) is 8.43. The summed E-state index contributed by atoms with van der Waals surface area (Å²) in [7, 11) is -3.90. The van der Waals surface area contributed by atoms with Gasteiger partial charge in [-0.1, -0.05) is 6.07 Å². The summed E-state index contributed by atoms with van der Waals surface area (Å²) >= 11 is 0. The molecule has 0 saturated heterocycles. The molecule has 0 aliphatic carbocycles. The first-order valence-electron chi connectivity index (χ1n) is 9.20. The summed E-state index contributed by atoms with van der Waals surface area (Å²) in [4.78, 5) is 24.5. The van der Waals surface area contributed by atoms with E-state index in [1.807, 2.05) is 11.9 Å². The minimum absolute atomic E-state index is 0.137. The molecule has 1 heterocycles. The normalized spacial score (nSPS) is 14.8. The molecule has 0 fully saturated rings. The van der Waals surface area contributed by atoms with Crippen molar-refractivity contribution in [1.82, 2.24) is 0 Å². The van der Waals surface area contributed by atoms with Gasteiger partial charge in [0.15, 0.2) is 6.10 Å². The molecule has 0 aromatic heterocycles. The minimum atomic E-state index is -3.90. The largest absolute Gasteiger partial charge is 0.449 e. The molecule has 1 aliphatic rings. The van der Waals surface area contributed by atoms with Crippen LogP contribution in [-0.2, 0) is 19.6 Å². The van der Waals surface area contributed by atoms with E-state index in [4.69, 9.17) is 9.88 Å². The molecule has 2 aromatic rings. The van der Waals surface area contributed by atoms with Gasteiger partial charge in [0.1, 0.15) is 0 Å². The average molecular weight is 430 g/mol. The highest BCUT2D eigenvalue weighted by molar-refractivity contribution is 7.89. The van der Waals surface area contributed by atoms with Gasteiger partial charge >= 0.3 is 5.97 Å². The number of esters is 1. The summed E-state index contributed by atoms with van der Waals surface area (Å²) in [6.07, 6.45) is -0.197. The highest BCUT2D eigenvalue weighted by atomic mass is 32.2. The number of hydrogen-bond acceptors (Lipinski definition) is 7. The van der Waals surface area contributed by atoms with Gasteiger partial charge in [-0.05, 0) is 56.3 Å². The van der Waals surface area contributed by atoms with Crippen molar-refractivity contribution < 1.29 is 22.7 Å². The van der Waals surface area contributed by atoms with Crippen molar-refractivity contribution in [1.29, 1.82) is 0 Å². The number of hydrogen-bond donors (Lipinski definition) is 2. The molecule has 0 bridgehead atoms. The lowest BCUT2D eigenvalue weighted by molar-refractivity contribution is -0.123. The fourth-order valence-electron chi connectivity index (χ4n) is 2.81. The first-order chi connectivity index (χ1) is 14.1. The molecule has 1 atom stereocenters. The maximum atomic E-state index is 12.3. The SMILES string of the molecule is CC1=NN(c2ccc(C(=O)OC(C)C(=O)Nc3cccc(S(N)(=O)=O)c3)cc2)CC1. The Morgan fingerprint density at radius 3 is 2.50 bits per heavy atom. The van der Waals surface area contributed by atoms with Crippen LogP contribution in [0, 0.1) is 0 Å². The number of carbonyl (C=O) groups excluding carboxylic acids is 2. The zero-order chi connectivity index (χ0) is 21.9. The summed E-state index contributed by atoms with van der Waals surface area (Å²) in [6, 6.07) is 12.2. The van der Waals surface area contributed by atoms with Crippen molar-refractivity contribution in [3.8, 4) is 0 Å². The summed E-state index contributed by atoms with van der Waals surface area (Å²) in [5.74, 6) is -1.25. The van der Waals surface area contributed by atoms with Crippen LogP contribution in [-0.4, -0.2) is 38.7 Å². The number of amides is 1. The molecule has 3 N–H and O–H groups in total. The molecule has 0 spiro atoms. The average Bonchev–Trinajstić information content (AvgIpc) is 3.14. The molecular formula is C20H22N4O5S. The second-order valence-electron chi connectivity index (χ2n) is 6.86. The number of ether oxygens (including phenoxy) is 1. The Labute approximate surface area is 174 Å². The van der Waals surface area contributed by atoms with E-state index in [-0.39, 0.29) is 10.6 Å². The van der Waals surface area contributed by atoms with Gasteiger partial charge < -0.3 is 10.1 Å². The molecule has 9 nitrogen and oxygen atoms in total. The molecular weight excluding hydrogens is 408 g/mol. The standard InChI is InChI=1S/C20H22N4O5S/c1-13-10-11-24(23-13)17-8-6-15(7-9-17)20(26)29-14(2)19(25)22-16-4-3-5-18(12-16)30(21,27)28/h3-9,12,14H,10-11H2,1-2H3,(H,22,25)(H2,21,27,28). The van der Waals surface area contributed by atoms with Crippen LogP contribution in [0.2, 0.25) is 0 Å². The number of benzene rings is 2. The summed E-state index contributed by atoms with van der Waals surface area (Å²) in [6.45, 7) is 4.18. The van der Waals surface area contributed by atoms with Crippen LogP contribution < -0.4 is 15.5 Å². The molecule has 1 unspecified atom stereocenters.